The number of ether oxygens (including phenoxy) is 1. The molecule has 20 heavy (non-hydrogen) atoms. The zero-order valence-electron chi connectivity index (χ0n) is 12.1. The van der Waals surface area contributed by atoms with E-state index < -0.39 is 0 Å². The first-order valence-corrected chi connectivity index (χ1v) is 7.06. The lowest BCUT2D eigenvalue weighted by Gasteiger charge is -2.22. The molecule has 108 valence electrons. The molecule has 2 N–H and O–H groups in total. The van der Waals surface area contributed by atoms with Gasteiger partial charge in [-0.05, 0) is 43.5 Å². The molecule has 0 radical (unpaired) electrons. The molecule has 4 heteroatoms. The lowest BCUT2D eigenvalue weighted by molar-refractivity contribution is -0.114. The second-order valence-corrected chi connectivity index (χ2v) is 5.14. The van der Waals surface area contributed by atoms with Gasteiger partial charge in [-0.15, -0.1) is 0 Å². The number of carbonyl (C=O) groups is 1. The number of amides is 1. The first kappa shape index (κ1) is 14.6. The average Bonchev–Trinajstić information content (AvgIpc) is 2.45. The van der Waals surface area contributed by atoms with Crippen molar-refractivity contribution in [2.24, 2.45) is 0 Å². The maximum absolute atomic E-state index is 11.1. The molecule has 1 aromatic carbocycles. The molecule has 0 aliphatic carbocycles. The highest BCUT2D eigenvalue weighted by atomic mass is 16.5. The fraction of sp³-hybridized carbons (Fsp3) is 0.438. The van der Waals surface area contributed by atoms with E-state index in [-0.39, 0.29) is 18.1 Å². The summed E-state index contributed by atoms with van der Waals surface area (Å²) in [5.41, 5.74) is 1.99. The van der Waals surface area contributed by atoms with Crippen molar-refractivity contribution in [2.45, 2.75) is 38.8 Å². The molecule has 0 saturated carbocycles. The number of allylic oxidation sites excluding steroid dienone is 1. The fourth-order valence-corrected chi connectivity index (χ4v) is 2.25. The average molecular weight is 274 g/mol. The highest BCUT2D eigenvalue weighted by Gasteiger charge is 2.13. The van der Waals surface area contributed by atoms with Crippen molar-refractivity contribution in [3.05, 3.63) is 42.2 Å². The summed E-state index contributed by atoms with van der Waals surface area (Å²) in [6.07, 6.45) is 6.23. The predicted octanol–water partition coefficient (Wildman–Crippen LogP) is 2.99. The molecule has 1 heterocycles. The van der Waals surface area contributed by atoms with Crippen LogP contribution in [0.25, 0.3) is 0 Å². The number of hydrogen-bond acceptors (Lipinski definition) is 3. The molecule has 0 bridgehead atoms. The van der Waals surface area contributed by atoms with Crippen molar-refractivity contribution < 1.29 is 9.53 Å². The van der Waals surface area contributed by atoms with Gasteiger partial charge in [0.2, 0.25) is 5.91 Å². The van der Waals surface area contributed by atoms with Crippen LogP contribution in [0, 0.1) is 0 Å². The number of nitrogens with one attached hydrogen (secondary N) is 2. The van der Waals surface area contributed by atoms with Gasteiger partial charge in [-0.3, -0.25) is 4.79 Å². The SMILES string of the molecule is CC(=O)Nc1cccc(C(C)NCC2CCC=CO2)c1. The summed E-state index contributed by atoms with van der Waals surface area (Å²) in [6.45, 7) is 4.46. The van der Waals surface area contributed by atoms with Gasteiger partial charge >= 0.3 is 0 Å². The van der Waals surface area contributed by atoms with E-state index in [1.165, 1.54) is 6.92 Å². The van der Waals surface area contributed by atoms with Crippen molar-refractivity contribution in [1.29, 1.82) is 0 Å². The summed E-state index contributed by atoms with van der Waals surface area (Å²) in [4.78, 5) is 11.1. The van der Waals surface area contributed by atoms with Gasteiger partial charge in [-0.25, -0.2) is 0 Å². The van der Waals surface area contributed by atoms with Crippen molar-refractivity contribution in [2.75, 3.05) is 11.9 Å². The van der Waals surface area contributed by atoms with Gasteiger partial charge in [0.05, 0.1) is 6.26 Å². The van der Waals surface area contributed by atoms with E-state index in [4.69, 9.17) is 4.74 Å². The standard InChI is InChI=1S/C16H22N2O2/c1-12(17-11-16-8-3-4-9-20-16)14-6-5-7-15(10-14)18-13(2)19/h4-7,9-10,12,16-17H,3,8,11H2,1-2H3,(H,18,19). The van der Waals surface area contributed by atoms with E-state index in [2.05, 4.69) is 29.7 Å². The quantitative estimate of drug-likeness (QED) is 0.868. The first-order valence-electron chi connectivity index (χ1n) is 7.06. The summed E-state index contributed by atoms with van der Waals surface area (Å²) < 4.78 is 5.54. The van der Waals surface area contributed by atoms with Gasteiger partial charge in [-0.1, -0.05) is 12.1 Å². The number of hydrogen-bond donors (Lipinski definition) is 2. The Hall–Kier alpha value is -1.81. The fourth-order valence-electron chi connectivity index (χ4n) is 2.25. The number of benzene rings is 1. The van der Waals surface area contributed by atoms with Crippen LogP contribution in [0.5, 0.6) is 0 Å². The van der Waals surface area contributed by atoms with Crippen LogP contribution in [0.15, 0.2) is 36.6 Å². The minimum absolute atomic E-state index is 0.0508. The predicted molar refractivity (Wildman–Crippen MR) is 80.4 cm³/mol. The molecule has 2 unspecified atom stereocenters. The van der Waals surface area contributed by atoms with E-state index in [1.54, 1.807) is 6.26 Å². The van der Waals surface area contributed by atoms with Crippen molar-refractivity contribution >= 4 is 11.6 Å². The van der Waals surface area contributed by atoms with E-state index in [0.29, 0.717) is 0 Å². The molecule has 0 fully saturated rings. The summed E-state index contributed by atoms with van der Waals surface area (Å²) >= 11 is 0. The lowest BCUT2D eigenvalue weighted by Crippen LogP contribution is -2.31. The molecular formula is C16H22N2O2. The first-order chi connectivity index (χ1) is 9.65. The lowest BCUT2D eigenvalue weighted by atomic mass is 10.1. The molecular weight excluding hydrogens is 252 g/mol. The van der Waals surface area contributed by atoms with Crippen LogP contribution in [0.4, 0.5) is 5.69 Å². The molecule has 4 nitrogen and oxygen atoms in total. The van der Waals surface area contributed by atoms with E-state index in [0.717, 1.165) is 30.6 Å². The summed E-state index contributed by atoms with van der Waals surface area (Å²) in [5, 5.41) is 6.28. The van der Waals surface area contributed by atoms with Crippen molar-refractivity contribution in [1.82, 2.24) is 5.32 Å². The molecule has 1 aliphatic heterocycles. The highest BCUT2D eigenvalue weighted by molar-refractivity contribution is 5.88. The second kappa shape index (κ2) is 7.10. The maximum Gasteiger partial charge on any atom is 0.221 e. The van der Waals surface area contributed by atoms with Gasteiger partial charge in [0.25, 0.3) is 0 Å². The van der Waals surface area contributed by atoms with E-state index in [1.807, 2.05) is 18.2 Å². The molecule has 1 aliphatic rings. The van der Waals surface area contributed by atoms with Crippen molar-refractivity contribution in [3.8, 4) is 0 Å². The highest BCUT2D eigenvalue weighted by Crippen LogP contribution is 2.18. The van der Waals surface area contributed by atoms with Crippen LogP contribution in [-0.4, -0.2) is 18.6 Å². The van der Waals surface area contributed by atoms with Gasteiger partial charge < -0.3 is 15.4 Å². The topological polar surface area (TPSA) is 50.4 Å². The summed E-state index contributed by atoms with van der Waals surface area (Å²) in [5.74, 6) is -0.0508. The minimum atomic E-state index is -0.0508. The molecule has 0 spiro atoms. The van der Waals surface area contributed by atoms with Crippen LogP contribution in [0.1, 0.15) is 38.3 Å². The van der Waals surface area contributed by atoms with Crippen LogP contribution >= 0.6 is 0 Å². The Balaban J connectivity index is 1.89. The minimum Gasteiger partial charge on any atom is -0.497 e. The summed E-state index contributed by atoms with van der Waals surface area (Å²) in [7, 11) is 0. The van der Waals surface area contributed by atoms with Crippen LogP contribution in [-0.2, 0) is 9.53 Å². The van der Waals surface area contributed by atoms with Gasteiger partial charge in [0.1, 0.15) is 6.10 Å². The zero-order chi connectivity index (χ0) is 14.4. The third-order valence-corrected chi connectivity index (χ3v) is 3.38. The smallest absolute Gasteiger partial charge is 0.221 e. The normalized spacial score (nSPS) is 19.2. The zero-order valence-corrected chi connectivity index (χ0v) is 12.1. The molecule has 2 rings (SSSR count). The number of anilines is 1. The Morgan fingerprint density at radius 3 is 3.05 bits per heavy atom. The molecule has 0 aromatic heterocycles. The Morgan fingerprint density at radius 2 is 2.35 bits per heavy atom. The third kappa shape index (κ3) is 4.38. The monoisotopic (exact) mass is 274 g/mol. The molecule has 0 saturated heterocycles. The molecule has 1 amide bonds. The largest absolute Gasteiger partial charge is 0.497 e. The number of rotatable bonds is 5. The Morgan fingerprint density at radius 1 is 1.50 bits per heavy atom. The van der Waals surface area contributed by atoms with Crippen LogP contribution in [0.3, 0.4) is 0 Å². The van der Waals surface area contributed by atoms with Gasteiger partial charge in [0.15, 0.2) is 0 Å². The van der Waals surface area contributed by atoms with Gasteiger partial charge in [-0.2, -0.15) is 0 Å². The molecule has 1 aromatic rings. The van der Waals surface area contributed by atoms with Gasteiger partial charge in [0, 0.05) is 25.2 Å². The van der Waals surface area contributed by atoms with Crippen LogP contribution in [0.2, 0.25) is 0 Å². The Labute approximate surface area is 120 Å². The maximum atomic E-state index is 11.1. The molecule has 2 atom stereocenters. The third-order valence-electron chi connectivity index (χ3n) is 3.38. The number of carbonyl (C=O) groups excluding carboxylic acids is 1. The Kier molecular flexibility index (Phi) is 5.18. The van der Waals surface area contributed by atoms with E-state index >= 15 is 0 Å². The summed E-state index contributed by atoms with van der Waals surface area (Å²) in [6, 6.07) is 8.13. The Bertz CT molecular complexity index is 485. The van der Waals surface area contributed by atoms with E-state index in [9.17, 15) is 4.79 Å². The second-order valence-electron chi connectivity index (χ2n) is 5.14. The van der Waals surface area contributed by atoms with Crippen molar-refractivity contribution in [3.63, 3.8) is 0 Å². The van der Waals surface area contributed by atoms with Crippen LogP contribution < -0.4 is 10.6 Å².